The van der Waals surface area contributed by atoms with E-state index in [-0.39, 0.29) is 18.9 Å². The fourth-order valence-electron chi connectivity index (χ4n) is 9.15. The number of carbonyl (C=O) groups excluding carboxylic acids is 1. The highest BCUT2D eigenvalue weighted by molar-refractivity contribution is 5.76. The predicted octanol–water partition coefficient (Wildman–Crippen LogP) is 8.27. The number of amides is 1. The lowest BCUT2D eigenvalue weighted by Gasteiger charge is -2.46. The SMILES string of the molecule is C/C=C/CC/C=C/CC/C=C/C(O)C(COC1OC(CO)C(OC2OC(CO)C(O)C(O)C2O)C(O)C1O)NC(=O)CCCCCCCCCCCCCCCCCCCCCCCCCCCC. The van der Waals surface area contributed by atoms with Crippen molar-refractivity contribution in [3.05, 3.63) is 36.5 Å². The van der Waals surface area contributed by atoms with Gasteiger partial charge in [0.2, 0.25) is 5.91 Å². The number of hydrogen-bond donors (Lipinski definition) is 9. The molecular weight excluding hydrogens is 883 g/mol. The molecule has 404 valence electrons. The molecule has 0 saturated carbocycles. The maximum Gasteiger partial charge on any atom is 0.220 e. The third kappa shape index (κ3) is 28.3. The lowest BCUT2D eigenvalue weighted by molar-refractivity contribution is -0.359. The molecular formula is C55H101NO13. The highest BCUT2D eigenvalue weighted by Gasteiger charge is 2.51. The van der Waals surface area contributed by atoms with E-state index in [1.165, 1.54) is 141 Å². The molecule has 0 spiro atoms. The van der Waals surface area contributed by atoms with Gasteiger partial charge in [0.05, 0.1) is 32.0 Å². The van der Waals surface area contributed by atoms with Gasteiger partial charge in [-0.3, -0.25) is 4.79 Å². The summed E-state index contributed by atoms with van der Waals surface area (Å²) >= 11 is 0. The van der Waals surface area contributed by atoms with Crippen LogP contribution in [0.5, 0.6) is 0 Å². The number of ether oxygens (including phenoxy) is 4. The maximum atomic E-state index is 13.2. The third-order valence-electron chi connectivity index (χ3n) is 13.7. The predicted molar refractivity (Wildman–Crippen MR) is 272 cm³/mol. The van der Waals surface area contributed by atoms with Crippen LogP contribution in [-0.4, -0.2) is 140 Å². The van der Waals surface area contributed by atoms with Gasteiger partial charge in [0.1, 0.15) is 48.8 Å². The van der Waals surface area contributed by atoms with Gasteiger partial charge >= 0.3 is 0 Å². The molecule has 69 heavy (non-hydrogen) atoms. The molecule has 2 rings (SSSR count). The summed E-state index contributed by atoms with van der Waals surface area (Å²) < 4.78 is 22.6. The first kappa shape index (κ1) is 63.3. The fourth-order valence-corrected chi connectivity index (χ4v) is 9.15. The van der Waals surface area contributed by atoms with E-state index < -0.39 is 86.8 Å². The second kappa shape index (κ2) is 41.7. The number of aliphatic hydroxyl groups is 8. The standard InChI is InChI=1S/C55H101NO13/c1-3-5-7-9-11-13-14-15-16-17-18-19-20-21-22-23-24-25-26-27-28-29-31-33-35-37-39-47(60)56-43(44(59)38-36-34-32-30-12-10-8-6-4-2)42-66-54-52(65)50(63)53(46(41-58)68-54)69-55-51(64)49(62)48(61)45(40-57)67-55/h4,6,12,30,36,38,43-46,48-55,57-59,61-65H,3,5,7-11,13-29,31-35,37,39-42H2,1-2H3,(H,56,60)/b6-4+,30-12+,38-36+. The molecule has 14 heteroatoms. The van der Waals surface area contributed by atoms with E-state index in [1.54, 1.807) is 6.08 Å². The van der Waals surface area contributed by atoms with Crippen molar-refractivity contribution < 1.29 is 64.6 Å². The molecule has 12 atom stereocenters. The second-order valence-electron chi connectivity index (χ2n) is 19.7. The van der Waals surface area contributed by atoms with Crippen molar-refractivity contribution in [2.75, 3.05) is 19.8 Å². The zero-order valence-electron chi connectivity index (χ0n) is 43.1. The molecule has 1 amide bonds. The zero-order valence-corrected chi connectivity index (χ0v) is 43.1. The largest absolute Gasteiger partial charge is 0.394 e. The lowest BCUT2D eigenvalue weighted by Crippen LogP contribution is -2.65. The molecule has 14 nitrogen and oxygen atoms in total. The molecule has 0 aliphatic carbocycles. The molecule has 2 aliphatic rings. The van der Waals surface area contributed by atoms with Crippen LogP contribution >= 0.6 is 0 Å². The van der Waals surface area contributed by atoms with Crippen LogP contribution in [0.15, 0.2) is 36.5 Å². The molecule has 2 fully saturated rings. The number of allylic oxidation sites excluding steroid dienone is 5. The summed E-state index contributed by atoms with van der Waals surface area (Å²) in [7, 11) is 0. The molecule has 0 bridgehead atoms. The van der Waals surface area contributed by atoms with Gasteiger partial charge in [0, 0.05) is 6.42 Å². The monoisotopic (exact) mass is 984 g/mol. The Morgan fingerprint density at radius 2 is 0.957 bits per heavy atom. The van der Waals surface area contributed by atoms with Crippen molar-refractivity contribution in [3.63, 3.8) is 0 Å². The first-order valence-electron chi connectivity index (χ1n) is 27.7. The molecule has 0 aromatic rings. The Morgan fingerprint density at radius 3 is 1.42 bits per heavy atom. The van der Waals surface area contributed by atoms with Crippen LogP contribution in [0.1, 0.15) is 213 Å². The van der Waals surface area contributed by atoms with Crippen LogP contribution in [-0.2, 0) is 23.7 Å². The van der Waals surface area contributed by atoms with E-state index in [0.29, 0.717) is 12.8 Å². The van der Waals surface area contributed by atoms with Crippen LogP contribution < -0.4 is 5.32 Å². The number of unbranched alkanes of at least 4 members (excludes halogenated alkanes) is 27. The van der Waals surface area contributed by atoms with Crippen molar-refractivity contribution in [1.82, 2.24) is 5.32 Å². The van der Waals surface area contributed by atoms with Crippen molar-refractivity contribution in [2.45, 2.75) is 286 Å². The normalized spacial score (nSPS) is 26.4. The number of rotatable bonds is 43. The minimum Gasteiger partial charge on any atom is -0.394 e. The van der Waals surface area contributed by atoms with Gasteiger partial charge in [-0.1, -0.05) is 204 Å². The van der Waals surface area contributed by atoms with E-state index in [0.717, 1.165) is 38.5 Å². The van der Waals surface area contributed by atoms with Gasteiger partial charge in [-0.25, -0.2) is 0 Å². The summed E-state index contributed by atoms with van der Waals surface area (Å²) in [5.41, 5.74) is 0. The Balaban J connectivity index is 1.68. The molecule has 0 aromatic carbocycles. The zero-order chi connectivity index (χ0) is 50.3. The minimum atomic E-state index is -1.79. The Bertz CT molecular complexity index is 1300. The molecule has 0 radical (unpaired) electrons. The van der Waals surface area contributed by atoms with Crippen molar-refractivity contribution in [1.29, 1.82) is 0 Å². The van der Waals surface area contributed by atoms with Crippen LogP contribution in [0.3, 0.4) is 0 Å². The number of carbonyl (C=O) groups is 1. The van der Waals surface area contributed by atoms with Gasteiger partial charge in [-0.15, -0.1) is 0 Å². The first-order valence-corrected chi connectivity index (χ1v) is 27.7. The number of hydrogen-bond acceptors (Lipinski definition) is 13. The Hall–Kier alpha value is -1.79. The molecule has 2 saturated heterocycles. The molecule has 0 aromatic heterocycles. The summed E-state index contributed by atoms with van der Waals surface area (Å²) in [4.78, 5) is 13.2. The van der Waals surface area contributed by atoms with Gasteiger partial charge in [0.25, 0.3) is 0 Å². The van der Waals surface area contributed by atoms with Crippen molar-refractivity contribution in [2.24, 2.45) is 0 Å². The minimum absolute atomic E-state index is 0.254. The maximum absolute atomic E-state index is 13.2. The Morgan fingerprint density at radius 1 is 0.536 bits per heavy atom. The average molecular weight is 984 g/mol. The quantitative estimate of drug-likeness (QED) is 0.0207. The summed E-state index contributed by atoms with van der Waals surface area (Å²) in [5.74, 6) is -0.254. The van der Waals surface area contributed by atoms with Crippen LogP contribution in [0.4, 0.5) is 0 Å². The summed E-state index contributed by atoms with van der Waals surface area (Å²) in [6.45, 7) is 2.53. The molecule has 12 unspecified atom stereocenters. The van der Waals surface area contributed by atoms with Gasteiger partial charge < -0.3 is 65.1 Å². The first-order chi connectivity index (χ1) is 33.6. The smallest absolute Gasteiger partial charge is 0.220 e. The highest BCUT2D eigenvalue weighted by Crippen LogP contribution is 2.30. The van der Waals surface area contributed by atoms with Crippen LogP contribution in [0, 0.1) is 0 Å². The Labute approximate surface area is 417 Å². The summed E-state index contributed by atoms with van der Waals surface area (Å²) in [5, 5.41) is 86.6. The Kier molecular flexibility index (Phi) is 38.2. The molecule has 2 aliphatic heterocycles. The van der Waals surface area contributed by atoms with Crippen LogP contribution in [0.2, 0.25) is 0 Å². The van der Waals surface area contributed by atoms with Gasteiger partial charge in [0.15, 0.2) is 12.6 Å². The fraction of sp³-hybridized carbons (Fsp3) is 0.873. The number of nitrogens with one attached hydrogen (secondary N) is 1. The summed E-state index contributed by atoms with van der Waals surface area (Å²) in [6, 6.07) is -0.933. The van der Waals surface area contributed by atoms with Crippen molar-refractivity contribution in [3.8, 4) is 0 Å². The van der Waals surface area contributed by atoms with Crippen molar-refractivity contribution >= 4 is 5.91 Å². The van der Waals surface area contributed by atoms with E-state index in [2.05, 4.69) is 30.5 Å². The van der Waals surface area contributed by atoms with Gasteiger partial charge in [-0.2, -0.15) is 0 Å². The van der Waals surface area contributed by atoms with E-state index in [9.17, 15) is 45.6 Å². The summed E-state index contributed by atoms with van der Waals surface area (Å²) in [6.07, 6.45) is 32.4. The molecule has 9 N–H and O–H groups in total. The third-order valence-corrected chi connectivity index (χ3v) is 13.7. The van der Waals surface area contributed by atoms with Gasteiger partial charge in [-0.05, 0) is 39.0 Å². The molecule has 2 heterocycles. The topological polar surface area (TPSA) is 228 Å². The number of aliphatic hydroxyl groups excluding tert-OH is 8. The van der Waals surface area contributed by atoms with E-state index in [1.807, 2.05) is 19.1 Å². The highest BCUT2D eigenvalue weighted by atomic mass is 16.7. The van der Waals surface area contributed by atoms with E-state index >= 15 is 0 Å². The average Bonchev–Trinajstić information content (AvgIpc) is 3.35. The van der Waals surface area contributed by atoms with E-state index in [4.69, 9.17) is 18.9 Å². The lowest BCUT2D eigenvalue weighted by atomic mass is 9.97. The van der Waals surface area contributed by atoms with Crippen LogP contribution in [0.25, 0.3) is 0 Å². The second-order valence-corrected chi connectivity index (χ2v) is 19.7.